The van der Waals surface area contributed by atoms with Gasteiger partial charge in [0.05, 0.1) is 5.52 Å². The number of rotatable bonds is 6. The van der Waals surface area contributed by atoms with Gasteiger partial charge < -0.3 is 5.11 Å². The summed E-state index contributed by atoms with van der Waals surface area (Å²) in [6, 6.07) is 25.5. The molecule has 1 heterocycles. The molecule has 1 radical (unpaired) electrons. The summed E-state index contributed by atoms with van der Waals surface area (Å²) < 4.78 is 0. The first kappa shape index (κ1) is 37.3. The number of carbonyl (C=O) groups is 1. The fourth-order valence-corrected chi connectivity index (χ4v) is 6.25. The molecule has 5 rings (SSSR count). The number of aryl methyl sites for hydroxylation is 2. The van der Waals surface area contributed by atoms with Gasteiger partial charge >= 0.3 is 0 Å². The molecule has 0 fully saturated rings. The van der Waals surface area contributed by atoms with Crippen molar-refractivity contribution >= 4 is 51.5 Å². The molecule has 0 unspecified atom stereocenters. The first-order valence-corrected chi connectivity index (χ1v) is 19.6. The van der Waals surface area contributed by atoms with Crippen LogP contribution in [0.5, 0.6) is 0 Å². The van der Waals surface area contributed by atoms with Crippen molar-refractivity contribution in [3.8, 4) is 11.3 Å². The van der Waals surface area contributed by atoms with E-state index in [-0.39, 0.29) is 37.1 Å². The van der Waals surface area contributed by atoms with Gasteiger partial charge in [-0.2, -0.15) is 0 Å². The third-order valence-corrected chi connectivity index (χ3v) is 10.8. The molecule has 0 aliphatic rings. The third-order valence-electron chi connectivity index (χ3n) is 8.77. The second-order valence-corrected chi connectivity index (χ2v) is 19.8. The van der Waals surface area contributed by atoms with Gasteiger partial charge in [0.2, 0.25) is 0 Å². The van der Waals surface area contributed by atoms with Crippen molar-refractivity contribution in [1.29, 1.82) is 0 Å². The molecule has 0 saturated carbocycles. The summed E-state index contributed by atoms with van der Waals surface area (Å²) in [5.41, 5.74) is 3.60. The Morgan fingerprint density at radius 3 is 2.13 bits per heavy atom. The molecule has 46 heavy (non-hydrogen) atoms. The number of benzene rings is 4. The average molecular weight is 810 g/mol. The number of ketones is 1. The largest absolute Gasteiger partial charge is 0.512 e. The van der Waals surface area contributed by atoms with Gasteiger partial charge in [0.15, 0.2) is 5.78 Å². The number of hydrogen-bond acceptors (Lipinski definition) is 4. The van der Waals surface area contributed by atoms with Gasteiger partial charge in [-0.25, -0.2) is 4.98 Å². The monoisotopic (exact) mass is 810 g/mol. The van der Waals surface area contributed by atoms with E-state index in [4.69, 9.17) is 9.97 Å². The molecular weight excluding hydrogens is 761 g/mol. The number of nitrogens with zero attached hydrogens (tertiary/aromatic N) is 2. The van der Waals surface area contributed by atoms with Crippen molar-refractivity contribution in [3.63, 3.8) is 0 Å². The number of hydrogen-bond donors (Lipinski definition) is 1. The quantitative estimate of drug-likeness (QED) is 0.0610. The van der Waals surface area contributed by atoms with E-state index in [1.165, 1.54) is 38.4 Å². The minimum Gasteiger partial charge on any atom is -0.512 e. The minimum atomic E-state index is -1.36. The van der Waals surface area contributed by atoms with Crippen LogP contribution < -0.4 is 5.19 Å². The maximum absolute atomic E-state index is 11.6. The molecule has 0 saturated heterocycles. The Hall–Kier alpha value is -3.18. The normalized spacial score (nSPS) is 12.5. The molecule has 1 aromatic heterocycles. The van der Waals surface area contributed by atoms with Crippen LogP contribution in [0.1, 0.15) is 66.3 Å². The molecular formula is C40H49IrN2O2Si-. The number of aromatic nitrogens is 2. The Bertz CT molecular complexity index is 1900. The second-order valence-electron chi connectivity index (χ2n) is 14.8. The van der Waals surface area contributed by atoms with Crippen LogP contribution in [0.4, 0.5) is 0 Å². The van der Waals surface area contributed by atoms with Gasteiger partial charge in [0.1, 0.15) is 11.6 Å². The molecule has 6 heteroatoms. The van der Waals surface area contributed by atoms with Gasteiger partial charge in [0.25, 0.3) is 0 Å². The molecule has 5 aromatic rings. The molecule has 0 bridgehead atoms. The second kappa shape index (κ2) is 14.3. The predicted octanol–water partition coefficient (Wildman–Crippen LogP) is 10.3. The fourth-order valence-electron chi connectivity index (χ4n) is 5.16. The maximum atomic E-state index is 11.6. The van der Waals surface area contributed by atoms with Crippen LogP contribution >= 0.6 is 0 Å². The van der Waals surface area contributed by atoms with Gasteiger partial charge in [-0.1, -0.05) is 111 Å². The van der Waals surface area contributed by atoms with E-state index in [0.29, 0.717) is 0 Å². The minimum absolute atomic E-state index is 0. The summed E-state index contributed by atoms with van der Waals surface area (Å²) in [4.78, 5) is 21.6. The van der Waals surface area contributed by atoms with E-state index in [2.05, 4.69) is 100 Å². The Labute approximate surface area is 290 Å². The number of carbonyl (C=O) groups excluding carboxylic acids is 1. The molecule has 0 amide bonds. The smallest absolute Gasteiger partial charge is 0.164 e. The Morgan fingerprint density at radius 2 is 1.57 bits per heavy atom. The number of aliphatic hydroxyl groups is 1. The summed E-state index contributed by atoms with van der Waals surface area (Å²) in [6.07, 6.45) is 2.98. The van der Waals surface area contributed by atoms with Crippen LogP contribution in [0.15, 0.2) is 72.5 Å². The van der Waals surface area contributed by atoms with E-state index in [1.54, 1.807) is 0 Å². The van der Waals surface area contributed by atoms with Crippen LogP contribution in [0.3, 0.4) is 0 Å². The Balaban J connectivity index is 0.000000329. The molecule has 0 atom stereocenters. The van der Waals surface area contributed by atoms with Crippen molar-refractivity contribution in [1.82, 2.24) is 9.97 Å². The molecule has 4 nitrogen and oxygen atoms in total. The summed E-state index contributed by atoms with van der Waals surface area (Å²) in [7, 11) is -1.36. The molecule has 245 valence electrons. The van der Waals surface area contributed by atoms with Crippen molar-refractivity contribution in [2.24, 2.45) is 10.8 Å². The van der Waals surface area contributed by atoms with Crippen LogP contribution in [0.2, 0.25) is 19.6 Å². The first-order valence-electron chi connectivity index (χ1n) is 16.1. The Kier molecular flexibility index (Phi) is 11.6. The molecule has 0 aliphatic heterocycles. The topological polar surface area (TPSA) is 63.1 Å². The van der Waals surface area contributed by atoms with E-state index in [0.717, 1.165) is 40.8 Å². The zero-order valence-corrected chi connectivity index (χ0v) is 32.7. The van der Waals surface area contributed by atoms with Gasteiger partial charge in [0, 0.05) is 56.9 Å². The zero-order chi connectivity index (χ0) is 33.3. The van der Waals surface area contributed by atoms with Crippen LogP contribution in [-0.4, -0.2) is 28.9 Å². The summed E-state index contributed by atoms with van der Waals surface area (Å²) in [5, 5.41) is 17.3. The molecule has 0 aliphatic carbocycles. The van der Waals surface area contributed by atoms with E-state index in [9.17, 15) is 9.90 Å². The first-order chi connectivity index (χ1) is 21.0. The van der Waals surface area contributed by atoms with Crippen LogP contribution in [-0.2, 0) is 31.3 Å². The van der Waals surface area contributed by atoms with Crippen molar-refractivity contribution in [2.45, 2.75) is 87.9 Å². The van der Waals surface area contributed by atoms with Crippen LogP contribution in [0, 0.1) is 23.8 Å². The fraction of sp³-hybridized carbons (Fsp3) is 0.375. The number of fused-ring (bicyclic) bond motifs is 5. The standard InChI is InChI=1S/C28H27N2Si.C12H22O2.Ir/c1-6-25-29-27(19-11-13-21(14-12-19)31(3,4)5)24-16-15-23-22-10-8-7-9-20(22)17-18(2)26(23)28(24)30-25;1-7-12(5,6)10(14)8-9(13)11(2,3)4;/h7-11,13-17H,6H2,1-5H3;8,14H,7H2,1-6H3;/q-1;;/b;10-8-;. The van der Waals surface area contributed by atoms with Crippen LogP contribution in [0.25, 0.3) is 43.7 Å². The average Bonchev–Trinajstić information content (AvgIpc) is 2.99. The molecule has 1 N–H and O–H groups in total. The van der Waals surface area contributed by atoms with Crippen molar-refractivity contribution < 1.29 is 30.0 Å². The third kappa shape index (κ3) is 8.02. The maximum Gasteiger partial charge on any atom is 0.164 e. The van der Waals surface area contributed by atoms with Gasteiger partial charge in [-0.15, -0.1) is 35.0 Å². The molecule has 0 spiro atoms. The zero-order valence-electron chi connectivity index (χ0n) is 29.3. The number of aliphatic hydroxyl groups excluding tert-OH is 1. The summed E-state index contributed by atoms with van der Waals surface area (Å²) in [6.45, 7) is 22.8. The summed E-state index contributed by atoms with van der Waals surface area (Å²) >= 11 is 0. The molecule has 4 aromatic carbocycles. The van der Waals surface area contributed by atoms with E-state index in [1.807, 2.05) is 41.5 Å². The van der Waals surface area contributed by atoms with E-state index < -0.39 is 13.5 Å². The van der Waals surface area contributed by atoms with Crippen molar-refractivity contribution in [3.05, 3.63) is 90.0 Å². The Morgan fingerprint density at radius 1 is 0.913 bits per heavy atom. The number of allylic oxidation sites excluding steroid dienone is 2. The predicted molar refractivity (Wildman–Crippen MR) is 195 cm³/mol. The van der Waals surface area contributed by atoms with E-state index >= 15 is 0 Å². The van der Waals surface area contributed by atoms with Crippen molar-refractivity contribution in [2.75, 3.05) is 0 Å². The summed E-state index contributed by atoms with van der Waals surface area (Å²) in [5.74, 6) is 1.03. The van der Waals surface area contributed by atoms with Gasteiger partial charge in [-0.05, 0) is 46.1 Å². The SMILES string of the molecule is CCC(C)(C)/C(O)=C/C(=O)C(C)(C)C.CCc1nc(-c2[c-]cc([Si](C)(C)C)cc2)c2ccc3c4ccccc4cc(C)c3c2n1.[Ir]. The van der Waals surface area contributed by atoms with Gasteiger partial charge in [-0.3, -0.25) is 9.78 Å².